The summed E-state index contributed by atoms with van der Waals surface area (Å²) in [7, 11) is 0. The molecule has 0 bridgehead atoms. The minimum Gasteiger partial charge on any atom is -0.480 e. The monoisotopic (exact) mass is 264 g/mol. The number of para-hydroxylation sites is 1. The molecule has 19 heavy (non-hydrogen) atoms. The van der Waals surface area contributed by atoms with E-state index >= 15 is 0 Å². The highest BCUT2D eigenvalue weighted by Crippen LogP contribution is 2.05. The number of nitrogens with zero attached hydrogens (tertiary/aromatic N) is 1. The molecule has 0 saturated heterocycles. The maximum atomic E-state index is 12.0. The second-order valence-electron chi connectivity index (χ2n) is 4.78. The molecule has 0 aliphatic carbocycles. The number of carboxylic acid groups (broad SMARTS) is 1. The quantitative estimate of drug-likeness (QED) is 0.786. The summed E-state index contributed by atoms with van der Waals surface area (Å²) in [5.41, 5.74) is 0.843. The molecule has 0 atom stereocenters. The molecule has 0 unspecified atom stereocenters. The van der Waals surface area contributed by atoms with Crippen molar-refractivity contribution in [2.45, 2.75) is 13.8 Å². The molecule has 0 aromatic heterocycles. The summed E-state index contributed by atoms with van der Waals surface area (Å²) in [4.78, 5) is 24.1. The highest BCUT2D eigenvalue weighted by Gasteiger charge is 2.17. The van der Waals surface area contributed by atoms with Crippen LogP contribution in [0.2, 0.25) is 0 Å². The zero-order chi connectivity index (χ0) is 14.3. The average molecular weight is 264 g/mol. The van der Waals surface area contributed by atoms with Crippen molar-refractivity contribution in [1.29, 1.82) is 0 Å². The van der Waals surface area contributed by atoms with Crippen molar-refractivity contribution in [3.05, 3.63) is 30.3 Å². The standard InChI is InChI=1S/C14H20N2O3/c1-11(2)9-16(10-14(18)19)13(17)8-15-12-6-4-3-5-7-12/h3-7,11,15H,8-10H2,1-2H3,(H,18,19). The number of benzene rings is 1. The van der Waals surface area contributed by atoms with E-state index in [1.165, 1.54) is 4.90 Å². The van der Waals surface area contributed by atoms with Crippen LogP contribution in [-0.4, -0.2) is 41.5 Å². The Bertz CT molecular complexity index is 418. The first-order valence-electron chi connectivity index (χ1n) is 6.27. The molecule has 5 heteroatoms. The molecular weight excluding hydrogens is 244 g/mol. The molecule has 1 amide bonds. The largest absolute Gasteiger partial charge is 0.480 e. The summed E-state index contributed by atoms with van der Waals surface area (Å²) in [6, 6.07) is 9.35. The van der Waals surface area contributed by atoms with Gasteiger partial charge in [-0.3, -0.25) is 9.59 Å². The van der Waals surface area contributed by atoms with Crippen LogP contribution in [0.25, 0.3) is 0 Å². The van der Waals surface area contributed by atoms with Gasteiger partial charge in [-0.1, -0.05) is 32.0 Å². The molecule has 0 heterocycles. The third-order valence-electron chi connectivity index (χ3n) is 2.48. The van der Waals surface area contributed by atoms with Gasteiger partial charge >= 0.3 is 5.97 Å². The van der Waals surface area contributed by atoms with Crippen LogP contribution in [0.3, 0.4) is 0 Å². The van der Waals surface area contributed by atoms with Gasteiger partial charge < -0.3 is 15.3 Å². The second-order valence-corrected chi connectivity index (χ2v) is 4.78. The van der Waals surface area contributed by atoms with Gasteiger partial charge in [-0.05, 0) is 18.1 Å². The van der Waals surface area contributed by atoms with Gasteiger partial charge in [0.15, 0.2) is 0 Å². The fraction of sp³-hybridized carbons (Fsp3) is 0.429. The van der Waals surface area contributed by atoms with Gasteiger partial charge in [-0.15, -0.1) is 0 Å². The van der Waals surface area contributed by atoms with Crippen molar-refractivity contribution in [1.82, 2.24) is 4.90 Å². The smallest absolute Gasteiger partial charge is 0.323 e. The summed E-state index contributed by atoms with van der Waals surface area (Å²) >= 11 is 0. The Kier molecular flexibility index (Phi) is 5.85. The first-order valence-corrected chi connectivity index (χ1v) is 6.27. The van der Waals surface area contributed by atoms with Gasteiger partial charge in [-0.25, -0.2) is 0 Å². The summed E-state index contributed by atoms with van der Waals surface area (Å²) in [6.07, 6.45) is 0. The van der Waals surface area contributed by atoms with E-state index in [2.05, 4.69) is 5.32 Å². The molecule has 1 rings (SSSR count). The second kappa shape index (κ2) is 7.41. The first-order chi connectivity index (χ1) is 8.99. The van der Waals surface area contributed by atoms with E-state index < -0.39 is 5.97 Å². The molecule has 1 aromatic carbocycles. The van der Waals surface area contributed by atoms with Gasteiger partial charge in [0, 0.05) is 12.2 Å². The van der Waals surface area contributed by atoms with Crippen molar-refractivity contribution in [3.8, 4) is 0 Å². The lowest BCUT2D eigenvalue weighted by molar-refractivity contribution is -0.144. The summed E-state index contributed by atoms with van der Waals surface area (Å²) in [5.74, 6) is -0.964. The number of carbonyl (C=O) groups is 2. The van der Waals surface area contributed by atoms with E-state index in [4.69, 9.17) is 5.11 Å². The topological polar surface area (TPSA) is 69.6 Å². The predicted molar refractivity (Wildman–Crippen MR) is 74.0 cm³/mol. The zero-order valence-electron chi connectivity index (χ0n) is 11.3. The van der Waals surface area contributed by atoms with Crippen molar-refractivity contribution < 1.29 is 14.7 Å². The maximum absolute atomic E-state index is 12.0. The van der Waals surface area contributed by atoms with E-state index in [0.717, 1.165) is 5.69 Å². The number of hydrogen-bond donors (Lipinski definition) is 2. The van der Waals surface area contributed by atoms with Gasteiger partial charge in [0.2, 0.25) is 5.91 Å². The number of hydrogen-bond acceptors (Lipinski definition) is 3. The zero-order valence-corrected chi connectivity index (χ0v) is 11.3. The van der Waals surface area contributed by atoms with Gasteiger partial charge in [0.05, 0.1) is 6.54 Å². The van der Waals surface area contributed by atoms with Crippen LogP contribution in [0.4, 0.5) is 5.69 Å². The Labute approximate surface area is 113 Å². The summed E-state index contributed by atoms with van der Waals surface area (Å²) < 4.78 is 0. The molecule has 0 spiro atoms. The van der Waals surface area contributed by atoms with Gasteiger partial charge in [0.25, 0.3) is 0 Å². The van der Waals surface area contributed by atoms with E-state index in [-0.39, 0.29) is 24.9 Å². The first kappa shape index (κ1) is 15.0. The van der Waals surface area contributed by atoms with E-state index in [0.29, 0.717) is 6.54 Å². The molecule has 0 radical (unpaired) electrons. The molecular formula is C14H20N2O3. The van der Waals surface area contributed by atoms with E-state index in [1.54, 1.807) is 0 Å². The Morgan fingerprint density at radius 2 is 1.89 bits per heavy atom. The Balaban J connectivity index is 2.54. The van der Waals surface area contributed by atoms with Gasteiger partial charge in [-0.2, -0.15) is 0 Å². The minimum absolute atomic E-state index is 0.101. The fourth-order valence-electron chi connectivity index (χ4n) is 1.70. The average Bonchev–Trinajstić information content (AvgIpc) is 2.35. The van der Waals surface area contributed by atoms with E-state index in [1.807, 2.05) is 44.2 Å². The van der Waals surface area contributed by atoms with Crippen LogP contribution < -0.4 is 5.32 Å². The molecule has 0 aliphatic rings. The molecule has 5 nitrogen and oxygen atoms in total. The number of carboxylic acids is 1. The lowest BCUT2D eigenvalue weighted by Crippen LogP contribution is -2.41. The number of anilines is 1. The summed E-state index contributed by atoms with van der Waals surface area (Å²) in [6.45, 7) is 4.19. The van der Waals surface area contributed by atoms with Crippen LogP contribution in [0.1, 0.15) is 13.8 Å². The molecule has 2 N–H and O–H groups in total. The highest BCUT2D eigenvalue weighted by atomic mass is 16.4. The highest BCUT2D eigenvalue weighted by molar-refractivity contribution is 5.84. The lowest BCUT2D eigenvalue weighted by Gasteiger charge is -2.23. The number of rotatable bonds is 7. The Morgan fingerprint density at radius 1 is 1.26 bits per heavy atom. The maximum Gasteiger partial charge on any atom is 0.323 e. The normalized spacial score (nSPS) is 10.3. The van der Waals surface area contributed by atoms with Gasteiger partial charge in [0.1, 0.15) is 6.54 Å². The molecule has 0 aliphatic heterocycles. The minimum atomic E-state index is -0.992. The molecule has 0 fully saturated rings. The third kappa shape index (κ3) is 5.90. The Morgan fingerprint density at radius 3 is 2.42 bits per heavy atom. The van der Waals surface area contributed by atoms with Crippen LogP contribution in [0.5, 0.6) is 0 Å². The fourth-order valence-corrected chi connectivity index (χ4v) is 1.70. The number of carbonyl (C=O) groups excluding carboxylic acids is 1. The van der Waals surface area contributed by atoms with Crippen molar-refractivity contribution in [2.75, 3.05) is 25.0 Å². The Hall–Kier alpha value is -2.04. The van der Waals surface area contributed by atoms with Crippen molar-refractivity contribution >= 4 is 17.6 Å². The predicted octanol–water partition coefficient (Wildman–Crippen LogP) is 1.67. The van der Waals surface area contributed by atoms with E-state index in [9.17, 15) is 9.59 Å². The lowest BCUT2D eigenvalue weighted by atomic mass is 10.2. The number of nitrogens with one attached hydrogen (secondary N) is 1. The van der Waals surface area contributed by atoms with Crippen molar-refractivity contribution in [2.24, 2.45) is 5.92 Å². The number of amides is 1. The molecule has 0 saturated carbocycles. The van der Waals surface area contributed by atoms with Crippen molar-refractivity contribution in [3.63, 3.8) is 0 Å². The third-order valence-corrected chi connectivity index (χ3v) is 2.48. The molecule has 104 valence electrons. The molecule has 1 aromatic rings. The van der Waals surface area contributed by atoms with Crippen LogP contribution in [0, 0.1) is 5.92 Å². The van der Waals surface area contributed by atoms with Crippen LogP contribution in [-0.2, 0) is 9.59 Å². The number of aliphatic carboxylic acids is 1. The summed E-state index contributed by atoms with van der Waals surface area (Å²) in [5, 5.41) is 11.8. The van der Waals surface area contributed by atoms with Crippen LogP contribution >= 0.6 is 0 Å². The SMILES string of the molecule is CC(C)CN(CC(=O)O)C(=O)CNc1ccccc1. The van der Waals surface area contributed by atoms with Crippen LogP contribution in [0.15, 0.2) is 30.3 Å².